The van der Waals surface area contributed by atoms with Crippen molar-refractivity contribution in [1.29, 1.82) is 5.26 Å². The lowest BCUT2D eigenvalue weighted by Gasteiger charge is -2.27. The van der Waals surface area contributed by atoms with Crippen LogP contribution in [-0.2, 0) is 18.4 Å². The minimum absolute atomic E-state index is 0.183. The zero-order valence-electron chi connectivity index (χ0n) is 18.1. The number of aryl methyl sites for hydroxylation is 1. The van der Waals surface area contributed by atoms with Crippen LogP contribution < -0.4 is 10.3 Å². The Kier molecular flexibility index (Phi) is 6.04. The van der Waals surface area contributed by atoms with E-state index in [9.17, 15) is 14.6 Å². The summed E-state index contributed by atoms with van der Waals surface area (Å²) < 4.78 is 16.8. The van der Waals surface area contributed by atoms with Crippen LogP contribution in [0.15, 0.2) is 41.2 Å². The van der Waals surface area contributed by atoms with Gasteiger partial charge in [0.05, 0.1) is 28.6 Å². The van der Waals surface area contributed by atoms with Crippen LogP contribution in [0.5, 0.6) is 0 Å². The Hall–Kier alpha value is -2.66. The van der Waals surface area contributed by atoms with E-state index in [2.05, 4.69) is 10.8 Å². The lowest BCUT2D eigenvalue weighted by atomic mass is 10.0. The van der Waals surface area contributed by atoms with Crippen LogP contribution >= 0.6 is 0 Å². The van der Waals surface area contributed by atoms with Crippen molar-refractivity contribution in [2.24, 2.45) is 7.05 Å². The predicted octanol–water partition coefficient (Wildman–Crippen LogP) is 3.89. The van der Waals surface area contributed by atoms with E-state index in [4.69, 9.17) is 4.98 Å². The molecule has 6 nitrogen and oxygen atoms in total. The molecular weight excluding hydrogens is 396 g/mol. The number of benzene rings is 2. The van der Waals surface area contributed by atoms with E-state index in [1.54, 1.807) is 25.2 Å². The molecule has 2 aromatic carbocycles. The number of nitrogens with zero attached hydrogens (tertiary/aromatic N) is 3. The van der Waals surface area contributed by atoms with E-state index in [-0.39, 0.29) is 11.6 Å². The van der Waals surface area contributed by atoms with Crippen molar-refractivity contribution < 1.29 is 4.55 Å². The third-order valence-corrected chi connectivity index (χ3v) is 6.63. The smallest absolute Gasteiger partial charge is 0.261 e. The Morgan fingerprint density at radius 2 is 1.93 bits per heavy atom. The summed E-state index contributed by atoms with van der Waals surface area (Å²) in [5.41, 5.74) is 3.15. The SMILES string of the molecule is Cc1cc(C(C)N[S@+]([O-])C(C)(C)C)c2nc(-c3ccccc3C#N)n(C)c(=O)c2c1. The highest BCUT2D eigenvalue weighted by Crippen LogP contribution is 2.28. The van der Waals surface area contributed by atoms with Gasteiger partial charge in [-0.1, -0.05) is 18.2 Å². The van der Waals surface area contributed by atoms with Crippen LogP contribution in [0.4, 0.5) is 0 Å². The van der Waals surface area contributed by atoms with Gasteiger partial charge in [0.2, 0.25) is 0 Å². The molecule has 0 saturated heterocycles. The summed E-state index contributed by atoms with van der Waals surface area (Å²) in [6.45, 7) is 9.56. The fourth-order valence-electron chi connectivity index (χ4n) is 3.30. The number of rotatable bonds is 4. The molecule has 3 aromatic rings. The number of nitriles is 1. The summed E-state index contributed by atoms with van der Waals surface area (Å²) in [6, 6.07) is 12.8. The highest BCUT2D eigenvalue weighted by atomic mass is 32.2. The molecule has 0 bridgehead atoms. The first-order chi connectivity index (χ1) is 14.0. The van der Waals surface area contributed by atoms with E-state index < -0.39 is 16.1 Å². The molecule has 0 amide bonds. The van der Waals surface area contributed by atoms with E-state index in [0.717, 1.165) is 11.1 Å². The largest absolute Gasteiger partial charge is 0.598 e. The average Bonchev–Trinajstić information content (AvgIpc) is 2.69. The summed E-state index contributed by atoms with van der Waals surface area (Å²) in [5.74, 6) is 0.430. The summed E-state index contributed by atoms with van der Waals surface area (Å²) in [6.07, 6.45) is 0. The molecule has 0 spiro atoms. The van der Waals surface area contributed by atoms with Crippen molar-refractivity contribution in [1.82, 2.24) is 14.3 Å². The highest BCUT2D eigenvalue weighted by molar-refractivity contribution is 7.90. The topological polar surface area (TPSA) is 93.8 Å². The van der Waals surface area contributed by atoms with Gasteiger partial charge in [-0.25, -0.2) is 4.98 Å². The zero-order valence-corrected chi connectivity index (χ0v) is 18.9. The number of hydrogen-bond acceptors (Lipinski definition) is 5. The predicted molar refractivity (Wildman–Crippen MR) is 121 cm³/mol. The molecule has 0 aliphatic heterocycles. The highest BCUT2D eigenvalue weighted by Gasteiger charge is 2.29. The van der Waals surface area contributed by atoms with Gasteiger partial charge in [-0.05, 0) is 58.4 Å². The lowest BCUT2D eigenvalue weighted by Crippen LogP contribution is -2.40. The first kappa shape index (κ1) is 22.0. The maximum Gasteiger partial charge on any atom is 0.261 e. The second-order valence-corrected chi connectivity index (χ2v) is 10.4. The second kappa shape index (κ2) is 8.23. The Morgan fingerprint density at radius 3 is 2.57 bits per heavy atom. The van der Waals surface area contributed by atoms with E-state index >= 15 is 0 Å². The van der Waals surface area contributed by atoms with Crippen molar-refractivity contribution in [3.63, 3.8) is 0 Å². The van der Waals surface area contributed by atoms with Gasteiger partial charge >= 0.3 is 0 Å². The maximum absolute atomic E-state index is 13.2. The molecule has 1 unspecified atom stereocenters. The van der Waals surface area contributed by atoms with Crippen LogP contribution in [0.2, 0.25) is 0 Å². The van der Waals surface area contributed by atoms with Gasteiger partial charge in [0.25, 0.3) is 5.56 Å². The first-order valence-corrected chi connectivity index (χ1v) is 10.9. The van der Waals surface area contributed by atoms with Crippen LogP contribution in [0.1, 0.15) is 50.4 Å². The third kappa shape index (κ3) is 4.12. The number of aromatic nitrogens is 2. The molecule has 1 aromatic heterocycles. The molecule has 30 heavy (non-hydrogen) atoms. The molecule has 3 rings (SSSR count). The van der Waals surface area contributed by atoms with Crippen molar-refractivity contribution in [2.45, 2.75) is 45.4 Å². The standard InChI is InChI=1S/C23H26N4O2S/c1-14-11-18(15(2)26-30(29)23(3,4)5)20-19(12-14)22(28)27(6)21(25-20)17-10-8-7-9-16(17)13-24/h7-12,15,26H,1-6H3/t15?,30-/m1/s1. The van der Waals surface area contributed by atoms with Gasteiger partial charge in [-0.15, -0.1) is 4.72 Å². The summed E-state index contributed by atoms with van der Waals surface area (Å²) in [5, 5.41) is 10.00. The van der Waals surface area contributed by atoms with E-state index in [0.29, 0.717) is 27.9 Å². The number of hydrogen-bond donors (Lipinski definition) is 1. The quantitative estimate of drug-likeness (QED) is 0.644. The molecule has 0 fully saturated rings. The summed E-state index contributed by atoms with van der Waals surface area (Å²) >= 11 is -1.28. The first-order valence-electron chi connectivity index (χ1n) is 9.73. The van der Waals surface area contributed by atoms with Gasteiger partial charge in [0, 0.05) is 29.5 Å². The Labute approximate surface area is 179 Å². The Morgan fingerprint density at radius 1 is 1.27 bits per heavy atom. The molecule has 0 radical (unpaired) electrons. The molecule has 7 heteroatoms. The van der Waals surface area contributed by atoms with Gasteiger partial charge in [-0.3, -0.25) is 9.36 Å². The lowest BCUT2D eigenvalue weighted by molar-refractivity contribution is 0.531. The summed E-state index contributed by atoms with van der Waals surface area (Å²) in [7, 11) is 1.66. The van der Waals surface area contributed by atoms with E-state index in [1.807, 2.05) is 52.8 Å². The molecule has 0 aliphatic carbocycles. The third-order valence-electron chi connectivity index (χ3n) is 4.95. The average molecular weight is 423 g/mol. The Balaban J connectivity index is 2.26. The molecule has 2 atom stereocenters. The van der Waals surface area contributed by atoms with Crippen molar-refractivity contribution in [3.05, 3.63) is 63.4 Å². The van der Waals surface area contributed by atoms with E-state index in [1.165, 1.54) is 4.57 Å². The fraction of sp³-hybridized carbons (Fsp3) is 0.348. The molecule has 156 valence electrons. The molecular formula is C23H26N4O2S. The minimum atomic E-state index is -1.28. The molecule has 0 saturated carbocycles. The second-order valence-electron chi connectivity index (χ2n) is 8.43. The normalized spacial score (nSPS) is 13.8. The maximum atomic E-state index is 13.2. The monoisotopic (exact) mass is 422 g/mol. The van der Waals surface area contributed by atoms with Crippen LogP contribution in [0.25, 0.3) is 22.3 Å². The van der Waals surface area contributed by atoms with Crippen LogP contribution in [-0.4, -0.2) is 18.9 Å². The van der Waals surface area contributed by atoms with Gasteiger partial charge in [0.15, 0.2) is 0 Å². The van der Waals surface area contributed by atoms with Gasteiger partial charge < -0.3 is 4.55 Å². The molecule has 1 heterocycles. The van der Waals surface area contributed by atoms with Crippen LogP contribution in [0, 0.1) is 18.3 Å². The Bertz CT molecular complexity index is 1200. The van der Waals surface area contributed by atoms with Crippen LogP contribution in [0.3, 0.4) is 0 Å². The van der Waals surface area contributed by atoms with Gasteiger partial charge in [0.1, 0.15) is 10.6 Å². The minimum Gasteiger partial charge on any atom is -0.598 e. The number of nitrogens with one attached hydrogen (secondary N) is 1. The summed E-state index contributed by atoms with van der Waals surface area (Å²) in [4.78, 5) is 18.0. The van der Waals surface area contributed by atoms with Gasteiger partial charge in [-0.2, -0.15) is 5.26 Å². The number of fused-ring (bicyclic) bond motifs is 1. The molecule has 1 N–H and O–H groups in total. The van der Waals surface area contributed by atoms with Crippen molar-refractivity contribution in [2.75, 3.05) is 0 Å². The zero-order chi connectivity index (χ0) is 22.2. The molecule has 0 aliphatic rings. The van der Waals surface area contributed by atoms with Crippen molar-refractivity contribution >= 4 is 22.3 Å². The fourth-order valence-corrected chi connectivity index (χ4v) is 4.10. The van der Waals surface area contributed by atoms with Crippen molar-refractivity contribution in [3.8, 4) is 17.5 Å².